The van der Waals surface area contributed by atoms with Crippen molar-refractivity contribution in [2.45, 2.75) is 35.3 Å². The maximum atomic E-state index is 12.1. The molecule has 0 spiro atoms. The smallest absolute Gasteiger partial charge is 0.381 e. The summed E-state index contributed by atoms with van der Waals surface area (Å²) in [6, 6.07) is 0. The highest BCUT2D eigenvalue weighted by Crippen LogP contribution is 2.39. The number of sulfone groups is 1. The molecule has 2 bridgehead atoms. The van der Waals surface area contributed by atoms with Crippen molar-refractivity contribution in [1.29, 1.82) is 0 Å². The van der Waals surface area contributed by atoms with E-state index in [2.05, 4.69) is 4.18 Å². The van der Waals surface area contributed by atoms with Gasteiger partial charge in [-0.2, -0.15) is 21.6 Å². The molecule has 2 atom stereocenters. The van der Waals surface area contributed by atoms with Crippen molar-refractivity contribution in [2.75, 3.05) is 0 Å². The average Bonchev–Trinajstić information content (AvgIpc) is 2.36. The summed E-state index contributed by atoms with van der Waals surface area (Å²) in [5.74, 6) is -0.436. The summed E-state index contributed by atoms with van der Waals surface area (Å²) in [4.78, 5) is 0. The molecule has 104 valence electrons. The number of allylic oxidation sites excluding steroid dienone is 1. The van der Waals surface area contributed by atoms with Gasteiger partial charge in [0.25, 0.3) is 0 Å². The van der Waals surface area contributed by atoms with Gasteiger partial charge in [0.2, 0.25) is 0 Å². The van der Waals surface area contributed by atoms with Gasteiger partial charge in [0.15, 0.2) is 9.84 Å². The molecule has 0 aliphatic carbocycles. The van der Waals surface area contributed by atoms with Crippen LogP contribution >= 0.6 is 0 Å². The summed E-state index contributed by atoms with van der Waals surface area (Å²) < 4.78 is 85.0. The Hall–Kier alpha value is -0.770. The molecule has 5 nitrogen and oxygen atoms in total. The van der Waals surface area contributed by atoms with Gasteiger partial charge < -0.3 is 4.18 Å². The molecule has 2 heterocycles. The molecule has 2 aliphatic rings. The lowest BCUT2D eigenvalue weighted by molar-refractivity contribution is -0.0523. The van der Waals surface area contributed by atoms with Crippen LogP contribution in [0, 0.1) is 0 Å². The van der Waals surface area contributed by atoms with Gasteiger partial charge in [0.1, 0.15) is 5.76 Å². The molecular formula is C8H9F3O5S2. The second kappa shape index (κ2) is 3.86. The first-order chi connectivity index (χ1) is 8.04. The van der Waals surface area contributed by atoms with E-state index in [4.69, 9.17) is 0 Å². The molecule has 0 radical (unpaired) electrons. The first-order valence-corrected chi connectivity index (χ1v) is 8.00. The number of fused-ring (bicyclic) bond motifs is 2. The lowest BCUT2D eigenvalue weighted by Gasteiger charge is -2.20. The number of hydrogen-bond donors (Lipinski definition) is 0. The van der Waals surface area contributed by atoms with Crippen LogP contribution in [-0.2, 0) is 24.1 Å². The van der Waals surface area contributed by atoms with E-state index in [1.54, 1.807) is 0 Å². The molecule has 10 heteroatoms. The van der Waals surface area contributed by atoms with Crippen molar-refractivity contribution in [2.24, 2.45) is 0 Å². The van der Waals surface area contributed by atoms with Gasteiger partial charge in [-0.3, -0.25) is 0 Å². The molecular weight excluding hydrogens is 297 g/mol. The molecule has 0 amide bonds. The first kappa shape index (κ1) is 13.7. The minimum Gasteiger partial charge on any atom is -0.381 e. The van der Waals surface area contributed by atoms with Crippen LogP contribution in [0.3, 0.4) is 0 Å². The van der Waals surface area contributed by atoms with E-state index in [-0.39, 0.29) is 12.8 Å². The lowest BCUT2D eigenvalue weighted by Crippen LogP contribution is -2.31. The molecule has 0 aromatic heterocycles. The van der Waals surface area contributed by atoms with E-state index in [0.717, 1.165) is 6.08 Å². The highest BCUT2D eigenvalue weighted by Gasteiger charge is 2.51. The fraction of sp³-hybridized carbons (Fsp3) is 0.750. The number of rotatable bonds is 2. The minimum atomic E-state index is -5.72. The summed E-state index contributed by atoms with van der Waals surface area (Å²) in [6.45, 7) is 0. The zero-order valence-electron chi connectivity index (χ0n) is 8.85. The Morgan fingerprint density at radius 2 is 1.89 bits per heavy atom. The molecule has 0 aromatic rings. The minimum absolute atomic E-state index is 0.284. The molecule has 2 aliphatic heterocycles. The number of hydrogen-bond acceptors (Lipinski definition) is 5. The van der Waals surface area contributed by atoms with Crippen molar-refractivity contribution in [3.8, 4) is 0 Å². The van der Waals surface area contributed by atoms with Gasteiger partial charge in [-0.15, -0.1) is 0 Å². The third kappa shape index (κ3) is 2.11. The van der Waals surface area contributed by atoms with Crippen molar-refractivity contribution in [3.63, 3.8) is 0 Å². The average molecular weight is 306 g/mol. The zero-order valence-corrected chi connectivity index (χ0v) is 10.5. The molecule has 0 N–H and O–H groups in total. The van der Waals surface area contributed by atoms with Crippen molar-refractivity contribution in [3.05, 3.63) is 11.8 Å². The van der Waals surface area contributed by atoms with Gasteiger partial charge in [-0.25, -0.2) is 8.42 Å². The zero-order chi connectivity index (χ0) is 13.8. The van der Waals surface area contributed by atoms with E-state index in [1.807, 2.05) is 0 Å². The molecule has 18 heavy (non-hydrogen) atoms. The van der Waals surface area contributed by atoms with E-state index >= 15 is 0 Å². The molecule has 2 unspecified atom stereocenters. The molecule has 1 fully saturated rings. The molecule has 0 saturated carbocycles. The standard InChI is InChI=1S/C8H9F3O5S2/c9-8(10,11)18(14,15)16-5-3-6-1-2-7(4-5)17(6,12)13/h3,6-7H,1-2,4H2. The molecule has 0 aromatic carbocycles. The Bertz CT molecular complexity index is 587. The fourth-order valence-electron chi connectivity index (χ4n) is 2.07. The van der Waals surface area contributed by atoms with Crippen LogP contribution in [0.2, 0.25) is 0 Å². The summed E-state index contributed by atoms with van der Waals surface area (Å²) in [5.41, 5.74) is -5.51. The Kier molecular flexibility index (Phi) is 2.93. The maximum Gasteiger partial charge on any atom is 0.534 e. The van der Waals surface area contributed by atoms with Crippen LogP contribution in [0.5, 0.6) is 0 Å². The topological polar surface area (TPSA) is 77.5 Å². The van der Waals surface area contributed by atoms with Crippen LogP contribution in [0.25, 0.3) is 0 Å². The second-order valence-electron chi connectivity index (χ2n) is 4.15. The van der Waals surface area contributed by atoms with Gasteiger partial charge in [0.05, 0.1) is 10.5 Å². The monoisotopic (exact) mass is 306 g/mol. The quantitative estimate of drug-likeness (QED) is 0.563. The first-order valence-electron chi connectivity index (χ1n) is 4.98. The lowest BCUT2D eigenvalue weighted by atomic mass is 10.2. The van der Waals surface area contributed by atoms with E-state index in [0.29, 0.717) is 6.42 Å². The van der Waals surface area contributed by atoms with Gasteiger partial charge in [-0.05, 0) is 18.9 Å². The van der Waals surface area contributed by atoms with Crippen LogP contribution in [0.4, 0.5) is 13.2 Å². The van der Waals surface area contributed by atoms with E-state index < -0.39 is 41.7 Å². The van der Waals surface area contributed by atoms with E-state index in [1.165, 1.54) is 0 Å². The molecule has 2 rings (SSSR count). The Labute approximate surface area is 102 Å². The highest BCUT2D eigenvalue weighted by atomic mass is 32.2. The normalized spacial score (nSPS) is 30.9. The predicted molar refractivity (Wildman–Crippen MR) is 54.5 cm³/mol. The Morgan fingerprint density at radius 3 is 2.39 bits per heavy atom. The van der Waals surface area contributed by atoms with E-state index in [9.17, 15) is 30.0 Å². The Balaban J connectivity index is 2.25. The predicted octanol–water partition coefficient (Wildman–Crippen LogP) is 1.09. The summed E-state index contributed by atoms with van der Waals surface area (Å²) in [5, 5.41) is -1.78. The van der Waals surface area contributed by atoms with Crippen molar-refractivity contribution < 1.29 is 34.2 Å². The SMILES string of the molecule is O=S1(=O)C2C=C(OS(=O)(=O)C(F)(F)F)CC1CC2. The fourth-order valence-corrected chi connectivity index (χ4v) is 4.73. The number of halogens is 3. The summed E-state index contributed by atoms with van der Waals surface area (Å²) >= 11 is 0. The second-order valence-corrected chi connectivity index (χ2v) is 8.14. The van der Waals surface area contributed by atoms with Crippen LogP contribution < -0.4 is 0 Å². The van der Waals surface area contributed by atoms with Crippen LogP contribution in [0.15, 0.2) is 11.8 Å². The third-order valence-corrected chi connectivity index (χ3v) is 6.51. The summed E-state index contributed by atoms with van der Waals surface area (Å²) in [6.07, 6.45) is 1.23. The van der Waals surface area contributed by atoms with Gasteiger partial charge in [-0.1, -0.05) is 0 Å². The van der Waals surface area contributed by atoms with Crippen LogP contribution in [-0.4, -0.2) is 32.8 Å². The van der Waals surface area contributed by atoms with Crippen molar-refractivity contribution >= 4 is 20.0 Å². The Morgan fingerprint density at radius 1 is 1.28 bits per heavy atom. The third-order valence-electron chi connectivity index (χ3n) is 2.96. The summed E-state index contributed by atoms with van der Waals surface area (Å²) in [7, 11) is -9.10. The largest absolute Gasteiger partial charge is 0.534 e. The van der Waals surface area contributed by atoms with Gasteiger partial charge >= 0.3 is 15.6 Å². The number of alkyl halides is 3. The maximum absolute atomic E-state index is 12.1. The molecule has 1 saturated heterocycles. The highest BCUT2D eigenvalue weighted by molar-refractivity contribution is 7.93. The van der Waals surface area contributed by atoms with Gasteiger partial charge in [0, 0.05) is 6.42 Å². The van der Waals surface area contributed by atoms with Crippen LogP contribution in [0.1, 0.15) is 19.3 Å². The van der Waals surface area contributed by atoms with Crippen molar-refractivity contribution in [1.82, 2.24) is 0 Å².